The van der Waals surface area contributed by atoms with Crippen molar-refractivity contribution in [2.45, 2.75) is 45.6 Å². The zero-order valence-electron chi connectivity index (χ0n) is 15.1. The lowest BCUT2D eigenvalue weighted by atomic mass is 9.88. The second kappa shape index (κ2) is 7.82. The van der Waals surface area contributed by atoms with Crippen LogP contribution in [-0.4, -0.2) is 39.9 Å². The molecular formula is C18H26N4O3. The standard InChI is InChI=1S/C18H26N4O3/c1-12-6-4-5-7-15(12)24-9-8-19-17(23)16-13(2)25-18(21-16)14-10-20-22(3)11-14/h10-12,15H,4-9H2,1-3H3,(H,19,23). The van der Waals surface area contributed by atoms with E-state index in [0.717, 1.165) is 12.0 Å². The molecule has 1 aliphatic carbocycles. The van der Waals surface area contributed by atoms with Gasteiger partial charge in [0.2, 0.25) is 5.89 Å². The maximum atomic E-state index is 12.3. The summed E-state index contributed by atoms with van der Waals surface area (Å²) in [4.78, 5) is 16.6. The van der Waals surface area contributed by atoms with Gasteiger partial charge in [-0.15, -0.1) is 0 Å². The van der Waals surface area contributed by atoms with Crippen molar-refractivity contribution < 1.29 is 13.9 Å². The van der Waals surface area contributed by atoms with Gasteiger partial charge in [0.05, 0.1) is 24.5 Å². The van der Waals surface area contributed by atoms with E-state index in [1.807, 2.05) is 7.05 Å². The van der Waals surface area contributed by atoms with E-state index in [0.29, 0.717) is 42.5 Å². The zero-order chi connectivity index (χ0) is 17.8. The predicted molar refractivity (Wildman–Crippen MR) is 93.1 cm³/mol. The molecule has 0 aromatic carbocycles. The largest absolute Gasteiger partial charge is 0.440 e. The molecular weight excluding hydrogens is 320 g/mol. The summed E-state index contributed by atoms with van der Waals surface area (Å²) >= 11 is 0. The summed E-state index contributed by atoms with van der Waals surface area (Å²) in [6, 6.07) is 0. The van der Waals surface area contributed by atoms with E-state index in [-0.39, 0.29) is 5.91 Å². The molecule has 0 saturated heterocycles. The summed E-state index contributed by atoms with van der Waals surface area (Å²) < 4.78 is 13.2. The van der Waals surface area contributed by atoms with Gasteiger partial charge in [-0.3, -0.25) is 9.48 Å². The van der Waals surface area contributed by atoms with Crippen LogP contribution in [0, 0.1) is 12.8 Å². The third-order valence-corrected chi connectivity index (χ3v) is 4.72. The fourth-order valence-corrected chi connectivity index (χ4v) is 3.25. The highest BCUT2D eigenvalue weighted by molar-refractivity contribution is 5.93. The number of nitrogens with one attached hydrogen (secondary N) is 1. The van der Waals surface area contributed by atoms with Crippen molar-refractivity contribution in [1.29, 1.82) is 0 Å². The third kappa shape index (κ3) is 4.28. The van der Waals surface area contributed by atoms with Crippen LogP contribution in [0.3, 0.4) is 0 Å². The first-order valence-electron chi connectivity index (χ1n) is 8.91. The van der Waals surface area contributed by atoms with Crippen molar-refractivity contribution in [3.05, 3.63) is 23.8 Å². The molecule has 1 N–H and O–H groups in total. The highest BCUT2D eigenvalue weighted by atomic mass is 16.5. The second-order valence-corrected chi connectivity index (χ2v) is 6.75. The van der Waals surface area contributed by atoms with Crippen LogP contribution >= 0.6 is 0 Å². The molecule has 0 radical (unpaired) electrons. The maximum absolute atomic E-state index is 12.3. The molecule has 0 bridgehead atoms. The molecule has 2 unspecified atom stereocenters. The van der Waals surface area contributed by atoms with Gasteiger partial charge >= 0.3 is 0 Å². The highest BCUT2D eigenvalue weighted by Gasteiger charge is 2.22. The quantitative estimate of drug-likeness (QED) is 0.813. The second-order valence-electron chi connectivity index (χ2n) is 6.75. The number of rotatable bonds is 6. The van der Waals surface area contributed by atoms with Crippen LogP contribution in [0.1, 0.15) is 48.9 Å². The summed E-state index contributed by atoms with van der Waals surface area (Å²) in [7, 11) is 1.82. The number of amides is 1. The normalized spacial score (nSPS) is 20.6. The van der Waals surface area contributed by atoms with Crippen molar-refractivity contribution in [3.63, 3.8) is 0 Å². The lowest BCUT2D eigenvalue weighted by molar-refractivity contribution is -0.00295. The van der Waals surface area contributed by atoms with Crippen LogP contribution in [-0.2, 0) is 11.8 Å². The number of carbonyl (C=O) groups is 1. The molecule has 3 rings (SSSR count). The summed E-state index contributed by atoms with van der Waals surface area (Å²) in [6.07, 6.45) is 8.65. The number of oxazole rings is 1. The average Bonchev–Trinajstić information content (AvgIpc) is 3.19. The Morgan fingerprint density at radius 2 is 2.24 bits per heavy atom. The number of nitrogens with zero attached hydrogens (tertiary/aromatic N) is 3. The minimum Gasteiger partial charge on any atom is -0.440 e. The van der Waals surface area contributed by atoms with Crippen LogP contribution in [0.15, 0.2) is 16.8 Å². The summed E-state index contributed by atoms with van der Waals surface area (Å²) in [5.41, 5.74) is 1.06. The van der Waals surface area contributed by atoms with E-state index in [1.54, 1.807) is 24.0 Å². The van der Waals surface area contributed by atoms with Crippen LogP contribution in [0.4, 0.5) is 0 Å². The Morgan fingerprint density at radius 3 is 2.96 bits per heavy atom. The molecule has 1 aliphatic rings. The van der Waals surface area contributed by atoms with Gasteiger partial charge in [0.1, 0.15) is 5.76 Å². The van der Waals surface area contributed by atoms with E-state index >= 15 is 0 Å². The molecule has 7 heteroatoms. The molecule has 2 aromatic heterocycles. The van der Waals surface area contributed by atoms with Gasteiger partial charge in [-0.25, -0.2) is 4.98 Å². The Balaban J connectivity index is 1.50. The number of ether oxygens (including phenoxy) is 1. The van der Waals surface area contributed by atoms with Gasteiger partial charge in [0.15, 0.2) is 5.69 Å². The first-order valence-corrected chi connectivity index (χ1v) is 8.91. The monoisotopic (exact) mass is 346 g/mol. The SMILES string of the molecule is Cc1oc(-c2cnn(C)c2)nc1C(=O)NCCOC1CCCCC1C. The van der Waals surface area contributed by atoms with Crippen molar-refractivity contribution >= 4 is 5.91 Å². The summed E-state index contributed by atoms with van der Waals surface area (Å²) in [5.74, 6) is 1.27. The Kier molecular flexibility index (Phi) is 5.53. The van der Waals surface area contributed by atoms with Gasteiger partial charge < -0.3 is 14.5 Å². The van der Waals surface area contributed by atoms with Gasteiger partial charge in [-0.1, -0.05) is 19.8 Å². The topological polar surface area (TPSA) is 82.2 Å². The van der Waals surface area contributed by atoms with Crippen molar-refractivity contribution in [2.75, 3.05) is 13.2 Å². The minimum atomic E-state index is -0.239. The van der Waals surface area contributed by atoms with Crippen LogP contribution < -0.4 is 5.32 Å². The lowest BCUT2D eigenvalue weighted by Crippen LogP contribution is -2.32. The minimum absolute atomic E-state index is 0.239. The van der Waals surface area contributed by atoms with Crippen molar-refractivity contribution in [1.82, 2.24) is 20.1 Å². The molecule has 1 amide bonds. The highest BCUT2D eigenvalue weighted by Crippen LogP contribution is 2.26. The molecule has 7 nitrogen and oxygen atoms in total. The van der Waals surface area contributed by atoms with Crippen LogP contribution in [0.25, 0.3) is 11.5 Å². The van der Waals surface area contributed by atoms with Gasteiger partial charge in [-0.05, 0) is 25.7 Å². The van der Waals surface area contributed by atoms with Crippen molar-refractivity contribution in [2.24, 2.45) is 13.0 Å². The van der Waals surface area contributed by atoms with E-state index in [4.69, 9.17) is 9.15 Å². The fraction of sp³-hybridized carbons (Fsp3) is 0.611. The Morgan fingerprint density at radius 1 is 1.44 bits per heavy atom. The average molecular weight is 346 g/mol. The first-order chi connectivity index (χ1) is 12.0. The molecule has 0 aliphatic heterocycles. The number of hydrogen-bond acceptors (Lipinski definition) is 5. The summed E-state index contributed by atoms with van der Waals surface area (Å²) in [5, 5.41) is 6.94. The molecule has 136 valence electrons. The Hall–Kier alpha value is -2.15. The maximum Gasteiger partial charge on any atom is 0.273 e. The van der Waals surface area contributed by atoms with E-state index < -0.39 is 0 Å². The number of aromatic nitrogens is 3. The first kappa shape index (κ1) is 17.7. The van der Waals surface area contributed by atoms with E-state index in [2.05, 4.69) is 22.3 Å². The zero-order valence-corrected chi connectivity index (χ0v) is 15.1. The van der Waals surface area contributed by atoms with Crippen LogP contribution in [0.5, 0.6) is 0 Å². The van der Waals surface area contributed by atoms with E-state index in [9.17, 15) is 4.79 Å². The Bertz CT molecular complexity index is 722. The van der Waals surface area contributed by atoms with E-state index in [1.165, 1.54) is 19.3 Å². The fourth-order valence-electron chi connectivity index (χ4n) is 3.25. The molecule has 25 heavy (non-hydrogen) atoms. The van der Waals surface area contributed by atoms with Gasteiger partial charge in [-0.2, -0.15) is 5.10 Å². The Labute approximate surface area is 147 Å². The molecule has 2 aromatic rings. The smallest absolute Gasteiger partial charge is 0.273 e. The molecule has 1 saturated carbocycles. The number of aryl methyl sites for hydroxylation is 2. The van der Waals surface area contributed by atoms with Gasteiger partial charge in [0, 0.05) is 19.8 Å². The van der Waals surface area contributed by atoms with Crippen LogP contribution in [0.2, 0.25) is 0 Å². The molecule has 1 fully saturated rings. The number of carbonyl (C=O) groups excluding carboxylic acids is 1. The van der Waals surface area contributed by atoms with Crippen molar-refractivity contribution in [3.8, 4) is 11.5 Å². The lowest BCUT2D eigenvalue weighted by Gasteiger charge is -2.28. The third-order valence-electron chi connectivity index (χ3n) is 4.72. The molecule has 2 atom stereocenters. The van der Waals surface area contributed by atoms with Gasteiger partial charge in [0.25, 0.3) is 5.91 Å². The molecule has 0 spiro atoms. The summed E-state index contributed by atoms with van der Waals surface area (Å²) in [6.45, 7) is 4.97. The molecule has 2 heterocycles. The number of hydrogen-bond donors (Lipinski definition) is 1. The predicted octanol–water partition coefficient (Wildman–Crippen LogP) is 2.71.